The van der Waals surface area contributed by atoms with Crippen molar-refractivity contribution in [2.45, 2.75) is 32.0 Å². The Hall–Kier alpha value is -3.26. The first-order valence-corrected chi connectivity index (χ1v) is 11.3. The minimum absolute atomic E-state index is 0.211. The quantitative estimate of drug-likeness (QED) is 0.523. The van der Waals surface area contributed by atoms with Gasteiger partial charge in [-0.2, -0.15) is 4.98 Å². The molecule has 2 aromatic carbocycles. The van der Waals surface area contributed by atoms with E-state index in [0.717, 1.165) is 17.0 Å². The van der Waals surface area contributed by atoms with E-state index in [1.54, 1.807) is 16.4 Å². The molecule has 8 heteroatoms. The largest absolute Gasteiger partial charge is 0.492 e. The Balaban J connectivity index is 1.75. The predicted octanol–water partition coefficient (Wildman–Crippen LogP) is 4.72. The summed E-state index contributed by atoms with van der Waals surface area (Å²) in [6, 6.07) is 16.9. The molecule has 0 spiro atoms. The molecule has 1 aliphatic rings. The molecule has 1 aliphatic heterocycles. The van der Waals surface area contributed by atoms with Crippen LogP contribution in [0.15, 0.2) is 71.0 Å². The average molecular weight is 436 g/mol. The fourth-order valence-corrected chi connectivity index (χ4v) is 4.16. The van der Waals surface area contributed by atoms with Gasteiger partial charge in [0.05, 0.1) is 17.9 Å². The highest BCUT2D eigenvalue weighted by Gasteiger charge is 2.34. The topological polar surface area (TPSA) is 81.1 Å². The van der Waals surface area contributed by atoms with Crippen molar-refractivity contribution in [2.24, 2.45) is 0 Å². The maximum Gasteiger partial charge on any atom is 0.255 e. The molecule has 0 saturated carbocycles. The summed E-state index contributed by atoms with van der Waals surface area (Å²) in [5, 5.41) is 11.7. The maximum absolute atomic E-state index is 13.5. The van der Waals surface area contributed by atoms with Crippen molar-refractivity contribution in [1.29, 1.82) is 0 Å². The van der Waals surface area contributed by atoms with Gasteiger partial charge in [0.2, 0.25) is 11.1 Å². The number of allylic oxidation sites excluding steroid dienone is 1. The number of hydrogen-bond acceptors (Lipinski definition) is 6. The summed E-state index contributed by atoms with van der Waals surface area (Å²) in [5.41, 5.74) is 2.93. The monoisotopic (exact) mass is 435 g/mol. The first-order chi connectivity index (χ1) is 15.1. The van der Waals surface area contributed by atoms with E-state index < -0.39 is 6.04 Å². The number of aromatic nitrogens is 3. The van der Waals surface area contributed by atoms with Crippen LogP contribution in [0.2, 0.25) is 0 Å². The van der Waals surface area contributed by atoms with E-state index in [1.807, 2.05) is 68.4 Å². The molecule has 0 bridgehead atoms. The molecule has 0 radical (unpaired) electrons. The van der Waals surface area contributed by atoms with E-state index in [2.05, 4.69) is 27.6 Å². The highest BCUT2D eigenvalue weighted by Crippen LogP contribution is 2.37. The van der Waals surface area contributed by atoms with Gasteiger partial charge in [0.15, 0.2) is 0 Å². The van der Waals surface area contributed by atoms with Crippen molar-refractivity contribution in [3.8, 4) is 5.75 Å². The number of carbonyl (C=O) groups excluding carboxylic acids is 1. The highest BCUT2D eigenvalue weighted by molar-refractivity contribution is 7.99. The van der Waals surface area contributed by atoms with Crippen LogP contribution < -0.4 is 15.4 Å². The summed E-state index contributed by atoms with van der Waals surface area (Å²) >= 11 is 1.57. The Bertz CT molecular complexity index is 1110. The number of benzene rings is 2. The lowest BCUT2D eigenvalue weighted by Crippen LogP contribution is -2.31. The van der Waals surface area contributed by atoms with E-state index in [9.17, 15) is 4.79 Å². The zero-order chi connectivity index (χ0) is 21.8. The Kier molecular flexibility index (Phi) is 6.27. The average Bonchev–Trinajstić information content (AvgIpc) is 3.17. The molecule has 1 atom stereocenters. The van der Waals surface area contributed by atoms with E-state index in [1.165, 1.54) is 0 Å². The maximum atomic E-state index is 13.5. The van der Waals surface area contributed by atoms with E-state index in [4.69, 9.17) is 4.74 Å². The summed E-state index contributed by atoms with van der Waals surface area (Å²) in [4.78, 5) is 18.1. The minimum atomic E-state index is -0.393. The molecule has 1 amide bonds. The van der Waals surface area contributed by atoms with Gasteiger partial charge in [-0.05, 0) is 37.3 Å². The summed E-state index contributed by atoms with van der Waals surface area (Å²) in [6.45, 7) is 6.39. The molecule has 7 nitrogen and oxygen atoms in total. The third-order valence-electron chi connectivity index (χ3n) is 4.90. The molecular weight excluding hydrogens is 410 g/mol. The molecule has 1 unspecified atom stereocenters. The van der Waals surface area contributed by atoms with E-state index >= 15 is 0 Å². The van der Waals surface area contributed by atoms with Crippen LogP contribution in [-0.4, -0.2) is 33.0 Å². The lowest BCUT2D eigenvalue weighted by atomic mass is 9.95. The number of thioether (sulfide) groups is 1. The molecule has 0 aliphatic carbocycles. The van der Waals surface area contributed by atoms with Crippen molar-refractivity contribution in [1.82, 2.24) is 14.8 Å². The predicted molar refractivity (Wildman–Crippen MR) is 124 cm³/mol. The first kappa shape index (κ1) is 21.0. The number of hydrogen-bond donors (Lipinski definition) is 2. The molecule has 4 rings (SSSR count). The number of para-hydroxylation sites is 2. The first-order valence-electron chi connectivity index (χ1n) is 10.3. The Morgan fingerprint density at radius 2 is 1.90 bits per heavy atom. The molecule has 0 fully saturated rings. The summed E-state index contributed by atoms with van der Waals surface area (Å²) in [6.07, 6.45) is 0. The van der Waals surface area contributed by atoms with Gasteiger partial charge < -0.3 is 15.4 Å². The second kappa shape index (κ2) is 9.26. The van der Waals surface area contributed by atoms with Gasteiger partial charge in [-0.3, -0.25) is 4.79 Å². The number of carbonyl (C=O) groups is 1. The van der Waals surface area contributed by atoms with Crippen LogP contribution in [0, 0.1) is 0 Å². The van der Waals surface area contributed by atoms with Crippen molar-refractivity contribution in [2.75, 3.05) is 23.0 Å². The van der Waals surface area contributed by atoms with Crippen molar-refractivity contribution in [3.05, 3.63) is 71.4 Å². The molecule has 0 saturated heterocycles. The summed E-state index contributed by atoms with van der Waals surface area (Å²) < 4.78 is 7.47. The standard InChI is InChI=1S/C23H25N5O2S/c1-4-30-18-14-10-9-13-17(18)25-21(29)19-15(3)24-22-26-23(31-5-2)27-28(22)20(19)16-11-7-6-8-12-16/h6-14,20H,4-5H2,1-3H3,(H,25,29)(H,24,26,27). The van der Waals surface area contributed by atoms with Crippen LogP contribution in [0.25, 0.3) is 0 Å². The molecule has 1 aromatic heterocycles. The number of ether oxygens (including phenoxy) is 1. The summed E-state index contributed by atoms with van der Waals surface area (Å²) in [7, 11) is 0. The smallest absolute Gasteiger partial charge is 0.255 e. The number of rotatable bonds is 7. The summed E-state index contributed by atoms with van der Waals surface area (Å²) in [5.74, 6) is 1.93. The normalized spacial score (nSPS) is 15.3. The SMILES string of the molecule is CCOc1ccccc1NC(=O)C1=C(C)Nc2nc(SCC)nn2C1c1ccccc1. The molecule has 3 aromatic rings. The Morgan fingerprint density at radius 3 is 2.65 bits per heavy atom. The number of anilines is 2. The van der Waals surface area contributed by atoms with Gasteiger partial charge in [-0.15, -0.1) is 5.10 Å². The zero-order valence-electron chi connectivity index (χ0n) is 17.8. The second-order valence-electron chi connectivity index (χ2n) is 6.96. The Labute approximate surface area is 185 Å². The van der Waals surface area contributed by atoms with Gasteiger partial charge >= 0.3 is 0 Å². The van der Waals surface area contributed by atoms with Gasteiger partial charge in [0, 0.05) is 5.70 Å². The molecular formula is C23H25N5O2S. The highest BCUT2D eigenvalue weighted by atomic mass is 32.2. The number of fused-ring (bicyclic) bond motifs is 1. The van der Waals surface area contributed by atoms with Crippen LogP contribution in [-0.2, 0) is 4.79 Å². The number of nitrogens with one attached hydrogen (secondary N) is 2. The van der Waals surface area contributed by atoms with Crippen molar-refractivity contribution in [3.63, 3.8) is 0 Å². The molecule has 31 heavy (non-hydrogen) atoms. The van der Waals surface area contributed by atoms with Crippen LogP contribution in [0.1, 0.15) is 32.4 Å². The second-order valence-corrected chi connectivity index (χ2v) is 8.19. The van der Waals surface area contributed by atoms with E-state index in [-0.39, 0.29) is 5.91 Å². The van der Waals surface area contributed by atoms with Crippen LogP contribution in [0.3, 0.4) is 0 Å². The van der Waals surface area contributed by atoms with Gasteiger partial charge in [-0.1, -0.05) is 61.2 Å². The number of amides is 1. The zero-order valence-corrected chi connectivity index (χ0v) is 18.6. The lowest BCUT2D eigenvalue weighted by molar-refractivity contribution is -0.113. The van der Waals surface area contributed by atoms with Gasteiger partial charge in [0.25, 0.3) is 5.91 Å². The van der Waals surface area contributed by atoms with Gasteiger partial charge in [0.1, 0.15) is 11.8 Å². The van der Waals surface area contributed by atoms with E-state index in [0.29, 0.717) is 34.7 Å². The van der Waals surface area contributed by atoms with Crippen molar-refractivity contribution < 1.29 is 9.53 Å². The molecule has 2 N–H and O–H groups in total. The van der Waals surface area contributed by atoms with Crippen molar-refractivity contribution >= 4 is 29.3 Å². The molecule has 160 valence electrons. The van der Waals surface area contributed by atoms with Gasteiger partial charge in [-0.25, -0.2) is 4.68 Å². The molecule has 2 heterocycles. The van der Waals surface area contributed by atoms with Crippen LogP contribution in [0.5, 0.6) is 5.75 Å². The minimum Gasteiger partial charge on any atom is -0.492 e. The third kappa shape index (κ3) is 4.29. The van der Waals surface area contributed by atoms with Crippen LogP contribution >= 0.6 is 11.8 Å². The third-order valence-corrected chi connectivity index (χ3v) is 5.62. The number of nitrogens with zero attached hydrogens (tertiary/aromatic N) is 3. The lowest BCUT2D eigenvalue weighted by Gasteiger charge is -2.28. The van der Waals surface area contributed by atoms with Crippen LogP contribution in [0.4, 0.5) is 11.6 Å². The Morgan fingerprint density at radius 1 is 1.16 bits per heavy atom. The fourth-order valence-electron chi connectivity index (χ4n) is 3.60. The fraction of sp³-hybridized carbons (Fsp3) is 0.261.